The van der Waals surface area contributed by atoms with E-state index in [1.807, 2.05) is 55.3 Å². The molecule has 0 unspecified atom stereocenters. The Labute approximate surface area is 237 Å². The number of aromatic amines is 1. The molecule has 0 spiro atoms. The first-order chi connectivity index (χ1) is 19.6. The van der Waals surface area contributed by atoms with Gasteiger partial charge in [0.25, 0.3) is 0 Å². The van der Waals surface area contributed by atoms with Crippen molar-refractivity contribution in [1.29, 1.82) is 0 Å². The number of alkyl halides is 3. The van der Waals surface area contributed by atoms with Crippen LogP contribution in [0.15, 0.2) is 54.6 Å². The van der Waals surface area contributed by atoms with E-state index in [0.717, 1.165) is 65.4 Å². The standard InChI is InChI=1S/C32H32F3N5O/c1-21-6-7-22(16-25(21)11-10-24-4-3-5-29-30(24)31(36)38-37-29)17-27(41)18-23-8-9-26(28(19-23)32(33,34)35)20-40-14-12-39(2)13-15-40/h3-9,16,19H,12-15,17-18,20H2,1-2H3,(H3,36,37,38). The van der Waals surface area contributed by atoms with Gasteiger partial charge in [-0.25, -0.2) is 0 Å². The van der Waals surface area contributed by atoms with Crippen molar-refractivity contribution in [3.63, 3.8) is 0 Å². The first-order valence-electron chi connectivity index (χ1n) is 13.5. The van der Waals surface area contributed by atoms with Gasteiger partial charge in [-0.1, -0.05) is 42.2 Å². The number of ketones is 1. The Hall–Kier alpha value is -4.13. The number of anilines is 1. The van der Waals surface area contributed by atoms with E-state index in [1.165, 1.54) is 6.07 Å². The minimum atomic E-state index is -4.49. The van der Waals surface area contributed by atoms with E-state index in [-0.39, 0.29) is 30.7 Å². The summed E-state index contributed by atoms with van der Waals surface area (Å²) in [5, 5.41) is 7.68. The average molecular weight is 560 g/mol. The summed E-state index contributed by atoms with van der Waals surface area (Å²) in [5.41, 5.74) is 9.95. The van der Waals surface area contributed by atoms with E-state index in [9.17, 15) is 18.0 Å². The van der Waals surface area contributed by atoms with Crippen molar-refractivity contribution in [2.24, 2.45) is 0 Å². The van der Waals surface area contributed by atoms with E-state index in [2.05, 4.69) is 26.9 Å². The summed E-state index contributed by atoms with van der Waals surface area (Å²) in [4.78, 5) is 17.2. The van der Waals surface area contributed by atoms with Crippen LogP contribution in [0.3, 0.4) is 0 Å². The molecule has 41 heavy (non-hydrogen) atoms. The summed E-state index contributed by atoms with van der Waals surface area (Å²) in [6.07, 6.45) is -4.46. The monoisotopic (exact) mass is 559 g/mol. The average Bonchev–Trinajstić information content (AvgIpc) is 3.31. The summed E-state index contributed by atoms with van der Waals surface area (Å²) in [6.45, 7) is 5.29. The fourth-order valence-corrected chi connectivity index (χ4v) is 5.15. The molecule has 2 heterocycles. The molecule has 0 atom stereocenters. The van der Waals surface area contributed by atoms with Crippen LogP contribution < -0.4 is 5.73 Å². The van der Waals surface area contributed by atoms with Gasteiger partial charge in [-0.05, 0) is 60.5 Å². The first kappa shape index (κ1) is 28.4. The van der Waals surface area contributed by atoms with Crippen molar-refractivity contribution in [3.8, 4) is 11.8 Å². The third kappa shape index (κ3) is 6.79. The number of nitrogen functional groups attached to an aromatic ring is 1. The number of nitrogens with two attached hydrogens (primary N) is 1. The number of benzene rings is 3. The molecule has 4 aromatic rings. The number of aromatic nitrogens is 2. The second-order valence-corrected chi connectivity index (χ2v) is 10.7. The number of piperazine rings is 1. The quantitative estimate of drug-likeness (QED) is 0.326. The van der Waals surface area contributed by atoms with Crippen LogP contribution in [0.1, 0.15) is 38.9 Å². The molecule has 1 aliphatic heterocycles. The summed E-state index contributed by atoms with van der Waals surface area (Å²) >= 11 is 0. The molecule has 1 aromatic heterocycles. The van der Waals surface area contributed by atoms with Crippen LogP contribution in [0.5, 0.6) is 0 Å². The molecule has 0 saturated carbocycles. The summed E-state index contributed by atoms with van der Waals surface area (Å²) in [7, 11) is 2.01. The lowest BCUT2D eigenvalue weighted by Gasteiger charge is -2.33. The van der Waals surface area contributed by atoms with Crippen LogP contribution in [0, 0.1) is 18.8 Å². The number of hydrogen-bond donors (Lipinski definition) is 2. The molecule has 1 fully saturated rings. The first-order valence-corrected chi connectivity index (χ1v) is 13.5. The molecule has 3 N–H and O–H groups in total. The summed E-state index contributed by atoms with van der Waals surface area (Å²) in [6, 6.07) is 15.5. The zero-order valence-corrected chi connectivity index (χ0v) is 23.1. The van der Waals surface area contributed by atoms with E-state index in [0.29, 0.717) is 11.4 Å². The number of H-pyrrole nitrogens is 1. The molecule has 3 aromatic carbocycles. The zero-order valence-electron chi connectivity index (χ0n) is 23.1. The number of fused-ring (bicyclic) bond motifs is 1. The lowest BCUT2D eigenvalue weighted by molar-refractivity contribution is -0.138. The third-order valence-electron chi connectivity index (χ3n) is 7.52. The Morgan fingerprint density at radius 2 is 1.66 bits per heavy atom. The molecule has 0 bridgehead atoms. The molecule has 9 heteroatoms. The molecule has 0 radical (unpaired) electrons. The number of halogens is 3. The number of aryl methyl sites for hydroxylation is 1. The van der Waals surface area contributed by atoms with E-state index in [4.69, 9.17) is 5.73 Å². The van der Waals surface area contributed by atoms with Crippen LogP contribution in [-0.4, -0.2) is 59.0 Å². The molecular weight excluding hydrogens is 527 g/mol. The fourth-order valence-electron chi connectivity index (χ4n) is 5.15. The molecular formula is C32H32F3N5O. The van der Waals surface area contributed by atoms with Gasteiger partial charge >= 0.3 is 6.18 Å². The smallest absolute Gasteiger partial charge is 0.382 e. The van der Waals surface area contributed by atoms with Gasteiger partial charge in [0.05, 0.1) is 16.5 Å². The number of carbonyl (C=O) groups excluding carboxylic acids is 1. The third-order valence-corrected chi connectivity index (χ3v) is 7.52. The minimum Gasteiger partial charge on any atom is -0.382 e. The number of hydrogen-bond acceptors (Lipinski definition) is 5. The van der Waals surface area contributed by atoms with Gasteiger partial charge in [0, 0.05) is 56.7 Å². The van der Waals surface area contributed by atoms with Crippen molar-refractivity contribution in [1.82, 2.24) is 20.0 Å². The largest absolute Gasteiger partial charge is 0.416 e. The van der Waals surface area contributed by atoms with Gasteiger partial charge in [-0.15, -0.1) is 0 Å². The lowest BCUT2D eigenvalue weighted by atomic mass is 9.96. The van der Waals surface area contributed by atoms with Gasteiger partial charge in [-0.2, -0.15) is 18.3 Å². The van der Waals surface area contributed by atoms with E-state index in [1.54, 1.807) is 6.07 Å². The predicted octanol–water partition coefficient (Wildman–Crippen LogP) is 4.97. The predicted molar refractivity (Wildman–Crippen MR) is 154 cm³/mol. The highest BCUT2D eigenvalue weighted by Gasteiger charge is 2.34. The van der Waals surface area contributed by atoms with Crippen molar-refractivity contribution in [2.45, 2.75) is 32.5 Å². The Kier molecular flexibility index (Phi) is 8.15. The Morgan fingerprint density at radius 3 is 2.39 bits per heavy atom. The zero-order chi connectivity index (χ0) is 29.1. The van der Waals surface area contributed by atoms with Gasteiger partial charge in [0.2, 0.25) is 0 Å². The number of nitrogens with one attached hydrogen (secondary N) is 1. The van der Waals surface area contributed by atoms with Crippen LogP contribution >= 0.6 is 0 Å². The van der Waals surface area contributed by atoms with Gasteiger partial charge < -0.3 is 10.6 Å². The van der Waals surface area contributed by atoms with Gasteiger partial charge in [0.15, 0.2) is 5.82 Å². The number of rotatable bonds is 6. The van der Waals surface area contributed by atoms with Crippen molar-refractivity contribution in [2.75, 3.05) is 39.0 Å². The van der Waals surface area contributed by atoms with Crippen LogP contribution in [0.4, 0.5) is 19.0 Å². The maximum atomic E-state index is 14.0. The maximum absolute atomic E-state index is 14.0. The Morgan fingerprint density at radius 1 is 0.976 bits per heavy atom. The molecule has 6 nitrogen and oxygen atoms in total. The molecule has 5 rings (SSSR count). The highest BCUT2D eigenvalue weighted by molar-refractivity contribution is 5.94. The van der Waals surface area contributed by atoms with Crippen molar-refractivity contribution >= 4 is 22.5 Å². The number of likely N-dealkylation sites (N-methyl/N-ethyl adjacent to an activating group) is 1. The van der Waals surface area contributed by atoms with Crippen LogP contribution in [0.2, 0.25) is 0 Å². The summed E-state index contributed by atoms with van der Waals surface area (Å²) in [5.74, 6) is 6.55. The fraction of sp³-hybridized carbons (Fsp3) is 0.312. The number of nitrogens with zero attached hydrogens (tertiary/aromatic N) is 3. The maximum Gasteiger partial charge on any atom is 0.416 e. The summed E-state index contributed by atoms with van der Waals surface area (Å²) < 4.78 is 41.9. The molecule has 1 aliphatic rings. The van der Waals surface area contributed by atoms with Crippen molar-refractivity contribution in [3.05, 3.63) is 93.5 Å². The van der Waals surface area contributed by atoms with Crippen LogP contribution in [-0.2, 0) is 30.4 Å². The molecule has 0 aliphatic carbocycles. The number of carbonyl (C=O) groups is 1. The lowest BCUT2D eigenvalue weighted by Crippen LogP contribution is -2.44. The SMILES string of the molecule is Cc1ccc(CC(=O)Cc2ccc(CN3CCN(C)CC3)c(C(F)(F)F)c2)cc1C#Cc1cccc2[nH]nc(N)c12. The van der Waals surface area contributed by atoms with Gasteiger partial charge in [-0.3, -0.25) is 14.8 Å². The highest BCUT2D eigenvalue weighted by atomic mass is 19.4. The molecule has 1 saturated heterocycles. The number of Topliss-reactive ketones (excluding diaryl/α,β-unsaturated/α-hetero) is 1. The molecule has 212 valence electrons. The van der Waals surface area contributed by atoms with E-state index >= 15 is 0 Å². The van der Waals surface area contributed by atoms with Crippen LogP contribution in [0.25, 0.3) is 10.9 Å². The Bertz CT molecular complexity index is 1640. The topological polar surface area (TPSA) is 78.2 Å². The van der Waals surface area contributed by atoms with Crippen molar-refractivity contribution < 1.29 is 18.0 Å². The van der Waals surface area contributed by atoms with E-state index < -0.39 is 11.7 Å². The Balaban J connectivity index is 1.30. The highest BCUT2D eigenvalue weighted by Crippen LogP contribution is 2.34. The van der Waals surface area contributed by atoms with Gasteiger partial charge in [0.1, 0.15) is 5.78 Å². The molecule has 0 amide bonds. The second kappa shape index (κ2) is 11.8. The minimum absolute atomic E-state index is 0.0749. The normalized spacial score (nSPS) is 14.7. The second-order valence-electron chi connectivity index (χ2n) is 10.7.